The van der Waals surface area contributed by atoms with Crippen LogP contribution in [0, 0.1) is 0 Å². The van der Waals surface area contributed by atoms with E-state index < -0.39 is 0 Å². The Hall–Kier alpha value is -1.06. The summed E-state index contributed by atoms with van der Waals surface area (Å²) in [6.07, 6.45) is 0. The molecule has 0 bridgehead atoms. The van der Waals surface area contributed by atoms with E-state index >= 15 is 0 Å². The van der Waals surface area contributed by atoms with Crippen molar-refractivity contribution >= 4 is 5.69 Å². The topological polar surface area (TPSA) is 32.5 Å². The van der Waals surface area contributed by atoms with Crippen molar-refractivity contribution in [2.24, 2.45) is 5.73 Å². The molecule has 1 atom stereocenters. The Morgan fingerprint density at radius 3 is 2.18 bits per heavy atom. The van der Waals surface area contributed by atoms with Crippen molar-refractivity contribution in [2.75, 3.05) is 37.6 Å². The first-order valence-electron chi connectivity index (χ1n) is 6.53. The Morgan fingerprint density at radius 1 is 1.12 bits per heavy atom. The molecule has 0 radical (unpaired) electrons. The first kappa shape index (κ1) is 12.4. The molecule has 1 aliphatic heterocycles. The normalized spacial score (nSPS) is 19.4. The van der Waals surface area contributed by atoms with Crippen LogP contribution in [0.1, 0.15) is 25.5 Å². The van der Waals surface area contributed by atoms with E-state index in [1.807, 2.05) is 6.92 Å². The summed E-state index contributed by atoms with van der Waals surface area (Å²) in [6, 6.07) is 8.81. The van der Waals surface area contributed by atoms with Crippen molar-refractivity contribution in [3.63, 3.8) is 0 Å². The predicted molar refractivity (Wildman–Crippen MR) is 73.4 cm³/mol. The minimum absolute atomic E-state index is 0.126. The zero-order valence-electron chi connectivity index (χ0n) is 10.9. The van der Waals surface area contributed by atoms with Crippen LogP contribution in [0.5, 0.6) is 0 Å². The van der Waals surface area contributed by atoms with E-state index in [1.165, 1.54) is 24.3 Å². The Balaban J connectivity index is 1.99. The van der Waals surface area contributed by atoms with Gasteiger partial charge in [0.2, 0.25) is 0 Å². The second kappa shape index (κ2) is 5.52. The van der Waals surface area contributed by atoms with Gasteiger partial charge in [0.05, 0.1) is 0 Å². The molecule has 17 heavy (non-hydrogen) atoms. The lowest BCUT2D eigenvalue weighted by molar-refractivity contribution is 0.271. The molecule has 2 N–H and O–H groups in total. The molecule has 2 rings (SSSR count). The first-order valence-corrected chi connectivity index (χ1v) is 6.53. The maximum Gasteiger partial charge on any atom is 0.0367 e. The highest BCUT2D eigenvalue weighted by atomic mass is 15.3. The van der Waals surface area contributed by atoms with Gasteiger partial charge in [0.1, 0.15) is 0 Å². The third-order valence-electron chi connectivity index (χ3n) is 3.60. The minimum Gasteiger partial charge on any atom is -0.369 e. The van der Waals surface area contributed by atoms with Crippen LogP contribution in [-0.2, 0) is 0 Å². The fraction of sp³-hybridized carbons (Fsp3) is 0.571. The predicted octanol–water partition coefficient (Wildman–Crippen LogP) is 1.85. The van der Waals surface area contributed by atoms with Crippen LogP contribution < -0.4 is 10.6 Å². The molecule has 1 fully saturated rings. The van der Waals surface area contributed by atoms with Gasteiger partial charge in [-0.25, -0.2) is 0 Å². The largest absolute Gasteiger partial charge is 0.369 e. The molecule has 0 amide bonds. The van der Waals surface area contributed by atoms with Gasteiger partial charge >= 0.3 is 0 Å². The Bertz CT molecular complexity index is 337. The summed E-state index contributed by atoms with van der Waals surface area (Å²) in [7, 11) is 0. The van der Waals surface area contributed by atoms with E-state index in [-0.39, 0.29) is 6.04 Å². The maximum atomic E-state index is 5.86. The molecule has 1 saturated heterocycles. The molecule has 1 aliphatic rings. The Kier molecular flexibility index (Phi) is 4.02. The molecule has 1 aromatic rings. The lowest BCUT2D eigenvalue weighted by Crippen LogP contribution is -2.46. The van der Waals surface area contributed by atoms with Crippen LogP contribution in [0.2, 0.25) is 0 Å². The molecule has 0 saturated carbocycles. The Morgan fingerprint density at radius 2 is 1.71 bits per heavy atom. The van der Waals surface area contributed by atoms with Crippen molar-refractivity contribution in [3.8, 4) is 0 Å². The summed E-state index contributed by atoms with van der Waals surface area (Å²) in [5.74, 6) is 0. The molecular formula is C14H23N3. The number of rotatable bonds is 3. The molecule has 1 heterocycles. The summed E-state index contributed by atoms with van der Waals surface area (Å²) in [5.41, 5.74) is 8.39. The zero-order chi connectivity index (χ0) is 12.3. The number of hydrogen-bond acceptors (Lipinski definition) is 3. The van der Waals surface area contributed by atoms with E-state index in [2.05, 4.69) is 41.0 Å². The van der Waals surface area contributed by atoms with Gasteiger partial charge in [-0.2, -0.15) is 0 Å². The lowest BCUT2D eigenvalue weighted by atomic mass is 10.1. The lowest BCUT2D eigenvalue weighted by Gasteiger charge is -2.35. The van der Waals surface area contributed by atoms with Gasteiger partial charge in [0, 0.05) is 37.9 Å². The first-order chi connectivity index (χ1) is 8.20. The van der Waals surface area contributed by atoms with E-state index in [0.29, 0.717) is 0 Å². The number of benzene rings is 1. The molecule has 0 aliphatic carbocycles. The van der Waals surface area contributed by atoms with Crippen molar-refractivity contribution in [1.29, 1.82) is 0 Å². The van der Waals surface area contributed by atoms with Crippen LogP contribution in [0.3, 0.4) is 0 Å². The smallest absolute Gasteiger partial charge is 0.0367 e. The average molecular weight is 233 g/mol. The fourth-order valence-corrected chi connectivity index (χ4v) is 2.31. The maximum absolute atomic E-state index is 5.86. The van der Waals surface area contributed by atoms with Crippen molar-refractivity contribution in [2.45, 2.75) is 19.9 Å². The molecule has 3 nitrogen and oxygen atoms in total. The van der Waals surface area contributed by atoms with Crippen LogP contribution in [0.15, 0.2) is 24.3 Å². The van der Waals surface area contributed by atoms with E-state index in [1.54, 1.807) is 0 Å². The van der Waals surface area contributed by atoms with Crippen LogP contribution >= 0.6 is 0 Å². The van der Waals surface area contributed by atoms with Gasteiger partial charge in [-0.15, -0.1) is 0 Å². The minimum atomic E-state index is 0.126. The van der Waals surface area contributed by atoms with E-state index in [4.69, 9.17) is 5.73 Å². The summed E-state index contributed by atoms with van der Waals surface area (Å²) >= 11 is 0. The molecule has 0 unspecified atom stereocenters. The average Bonchev–Trinajstić information content (AvgIpc) is 2.39. The summed E-state index contributed by atoms with van der Waals surface area (Å²) in [4.78, 5) is 4.95. The highest BCUT2D eigenvalue weighted by Crippen LogP contribution is 2.19. The number of likely N-dealkylation sites (N-methyl/N-ethyl adjacent to an activating group) is 1. The summed E-state index contributed by atoms with van der Waals surface area (Å²) in [5, 5.41) is 0. The number of nitrogens with two attached hydrogens (primary N) is 1. The fourth-order valence-electron chi connectivity index (χ4n) is 2.31. The van der Waals surface area contributed by atoms with Crippen LogP contribution in [-0.4, -0.2) is 37.6 Å². The van der Waals surface area contributed by atoms with E-state index in [9.17, 15) is 0 Å². The van der Waals surface area contributed by atoms with Crippen molar-refractivity contribution in [3.05, 3.63) is 29.8 Å². The third-order valence-corrected chi connectivity index (χ3v) is 3.60. The summed E-state index contributed by atoms with van der Waals surface area (Å²) in [6.45, 7) is 10.0. The monoisotopic (exact) mass is 233 g/mol. The zero-order valence-corrected chi connectivity index (χ0v) is 10.9. The number of nitrogens with zero attached hydrogens (tertiary/aromatic N) is 2. The molecule has 94 valence electrons. The van der Waals surface area contributed by atoms with Gasteiger partial charge in [-0.05, 0) is 31.2 Å². The SMILES string of the molecule is CCN1CCN(c2ccc([C@H](C)N)cc2)CC1. The summed E-state index contributed by atoms with van der Waals surface area (Å²) < 4.78 is 0. The van der Waals surface area contributed by atoms with Crippen LogP contribution in [0.25, 0.3) is 0 Å². The number of anilines is 1. The van der Waals surface area contributed by atoms with Crippen molar-refractivity contribution in [1.82, 2.24) is 4.90 Å². The quantitative estimate of drug-likeness (QED) is 0.865. The molecule has 3 heteroatoms. The molecule has 0 aromatic heterocycles. The number of piperazine rings is 1. The standard InChI is InChI=1S/C14H23N3/c1-3-16-8-10-17(11-9-16)14-6-4-13(5-7-14)12(2)15/h4-7,12H,3,8-11,15H2,1-2H3/t12-/m0/s1. The van der Waals surface area contributed by atoms with Crippen LogP contribution in [0.4, 0.5) is 5.69 Å². The Labute approximate surface area is 104 Å². The molecular weight excluding hydrogens is 210 g/mol. The highest BCUT2D eigenvalue weighted by Gasteiger charge is 2.15. The molecule has 0 spiro atoms. The molecule has 1 aromatic carbocycles. The number of hydrogen-bond donors (Lipinski definition) is 1. The van der Waals surface area contributed by atoms with Gasteiger partial charge in [-0.1, -0.05) is 19.1 Å². The van der Waals surface area contributed by atoms with Gasteiger partial charge in [0.15, 0.2) is 0 Å². The second-order valence-corrected chi connectivity index (χ2v) is 4.80. The second-order valence-electron chi connectivity index (χ2n) is 4.80. The van der Waals surface area contributed by atoms with Crippen molar-refractivity contribution < 1.29 is 0 Å². The van der Waals surface area contributed by atoms with Gasteiger partial charge in [-0.3, -0.25) is 0 Å². The highest BCUT2D eigenvalue weighted by molar-refractivity contribution is 5.48. The van der Waals surface area contributed by atoms with Gasteiger partial charge in [0.25, 0.3) is 0 Å². The van der Waals surface area contributed by atoms with E-state index in [0.717, 1.165) is 19.6 Å². The van der Waals surface area contributed by atoms with Gasteiger partial charge < -0.3 is 15.5 Å². The third kappa shape index (κ3) is 2.99.